The van der Waals surface area contributed by atoms with Crippen molar-refractivity contribution in [3.63, 3.8) is 0 Å². The minimum atomic E-state index is -0.615. The highest BCUT2D eigenvalue weighted by Gasteiger charge is 2.23. The molecule has 31 heavy (non-hydrogen) atoms. The summed E-state index contributed by atoms with van der Waals surface area (Å²) in [6.45, 7) is 6.04. The zero-order valence-corrected chi connectivity index (χ0v) is 18.3. The van der Waals surface area contributed by atoms with E-state index in [1.165, 1.54) is 31.4 Å². The summed E-state index contributed by atoms with van der Waals surface area (Å²) in [5, 5.41) is 22.7. The third kappa shape index (κ3) is 7.10. The Morgan fingerprint density at radius 2 is 1.48 bits per heavy atom. The van der Waals surface area contributed by atoms with E-state index in [-0.39, 0.29) is 17.4 Å². The molecule has 0 N–H and O–H groups in total. The predicted octanol–water partition coefficient (Wildman–Crippen LogP) is 6.70. The first kappa shape index (κ1) is 23.9. The van der Waals surface area contributed by atoms with Crippen LogP contribution in [0.5, 0.6) is 0 Å². The van der Waals surface area contributed by atoms with Crippen LogP contribution in [0.1, 0.15) is 57.9 Å². The minimum absolute atomic E-state index is 0.319. The first-order valence-corrected chi connectivity index (χ1v) is 10.6. The zero-order valence-electron chi connectivity index (χ0n) is 18.3. The van der Waals surface area contributed by atoms with Crippen LogP contribution in [0.3, 0.4) is 0 Å². The summed E-state index contributed by atoms with van der Waals surface area (Å²) in [5.74, 6) is 6.43. The van der Waals surface area contributed by atoms with E-state index < -0.39 is 9.85 Å². The van der Waals surface area contributed by atoms with Gasteiger partial charge in [0, 0.05) is 24.2 Å². The highest BCUT2D eigenvalue weighted by atomic mass is 16.6. The third-order valence-corrected chi connectivity index (χ3v) is 5.00. The molecule has 2 aromatic carbocycles. The van der Waals surface area contributed by atoms with Crippen molar-refractivity contribution >= 4 is 22.7 Å². The second-order valence-corrected chi connectivity index (χ2v) is 7.59. The third-order valence-electron chi connectivity index (χ3n) is 5.00. The Morgan fingerprint density at radius 1 is 0.903 bits per heavy atom. The number of non-ortho nitro benzene ring substituents is 2. The van der Waals surface area contributed by atoms with Gasteiger partial charge in [-0.2, -0.15) is 0 Å². The Morgan fingerprint density at radius 3 is 2.03 bits per heavy atom. The molecule has 2 aromatic rings. The number of anilines is 2. The van der Waals surface area contributed by atoms with E-state index in [1.807, 2.05) is 43.0 Å². The molecule has 0 amide bonds. The lowest BCUT2D eigenvalue weighted by atomic mass is 10.1. The fourth-order valence-electron chi connectivity index (χ4n) is 3.33. The second kappa shape index (κ2) is 11.7. The van der Waals surface area contributed by atoms with E-state index >= 15 is 0 Å². The van der Waals surface area contributed by atoms with Crippen LogP contribution in [-0.4, -0.2) is 15.9 Å². The van der Waals surface area contributed by atoms with Gasteiger partial charge in [-0.25, -0.2) is 0 Å². The maximum Gasteiger partial charge on any atom is 0.278 e. The molecule has 0 saturated heterocycles. The van der Waals surface area contributed by atoms with Gasteiger partial charge in [0.25, 0.3) is 11.4 Å². The van der Waals surface area contributed by atoms with Crippen molar-refractivity contribution in [2.24, 2.45) is 0 Å². The lowest BCUT2D eigenvalue weighted by Crippen LogP contribution is -2.27. The van der Waals surface area contributed by atoms with Crippen LogP contribution < -0.4 is 4.90 Å². The summed E-state index contributed by atoms with van der Waals surface area (Å²) in [7, 11) is 0. The van der Waals surface area contributed by atoms with E-state index in [1.54, 1.807) is 0 Å². The summed E-state index contributed by atoms with van der Waals surface area (Å²) >= 11 is 0. The van der Waals surface area contributed by atoms with E-state index in [9.17, 15) is 20.2 Å². The van der Waals surface area contributed by atoms with Crippen LogP contribution in [0, 0.1) is 39.0 Å². The molecule has 0 bridgehead atoms. The number of unbranched alkanes of at least 4 members (excludes halogenated alkanes) is 5. The standard InChI is InChI=1S/C24H29N3O4/c1-4-5-6-7-8-9-10-11-20(3)25(21-14-12-19(2)13-15-21)22-16-23(26(28)29)18-24(17-22)27(30)31/h12-18,20H,4-9H2,1-3H3/t20-/m0/s1. The molecule has 164 valence electrons. The Labute approximate surface area is 183 Å². The van der Waals surface area contributed by atoms with Crippen molar-refractivity contribution in [2.75, 3.05) is 4.90 Å². The zero-order chi connectivity index (χ0) is 22.8. The number of rotatable bonds is 10. The average Bonchev–Trinajstić information content (AvgIpc) is 2.74. The average molecular weight is 424 g/mol. The first-order valence-electron chi connectivity index (χ1n) is 10.6. The first-order chi connectivity index (χ1) is 14.8. The minimum Gasteiger partial charge on any atom is -0.327 e. The van der Waals surface area contributed by atoms with Crippen LogP contribution in [0.15, 0.2) is 42.5 Å². The molecule has 0 radical (unpaired) electrons. The maximum atomic E-state index is 11.4. The highest BCUT2D eigenvalue weighted by molar-refractivity contribution is 5.70. The van der Waals surface area contributed by atoms with Crippen molar-refractivity contribution in [3.05, 3.63) is 68.3 Å². The molecular formula is C24H29N3O4. The second-order valence-electron chi connectivity index (χ2n) is 7.59. The SMILES string of the molecule is CCCCCCCC#C[C@H](C)N(c1ccc(C)cc1)c1cc([N+](=O)[O-])cc([N+](=O)[O-])c1. The van der Waals surface area contributed by atoms with Gasteiger partial charge in [0.05, 0.1) is 27.6 Å². The fraction of sp³-hybridized carbons (Fsp3) is 0.417. The summed E-state index contributed by atoms with van der Waals surface area (Å²) < 4.78 is 0. The molecule has 7 nitrogen and oxygen atoms in total. The van der Waals surface area contributed by atoms with E-state index in [0.29, 0.717) is 5.69 Å². The van der Waals surface area contributed by atoms with Crippen molar-refractivity contribution in [3.8, 4) is 11.8 Å². The quantitative estimate of drug-likeness (QED) is 0.183. The molecule has 0 aromatic heterocycles. The number of nitro groups is 2. The molecule has 7 heteroatoms. The normalized spacial score (nSPS) is 11.3. The predicted molar refractivity (Wildman–Crippen MR) is 124 cm³/mol. The highest BCUT2D eigenvalue weighted by Crippen LogP contribution is 2.34. The van der Waals surface area contributed by atoms with Gasteiger partial charge < -0.3 is 4.90 Å². The maximum absolute atomic E-state index is 11.4. The molecule has 2 rings (SSSR count). The van der Waals surface area contributed by atoms with Gasteiger partial charge in [-0.05, 0) is 32.4 Å². The van der Waals surface area contributed by atoms with Gasteiger partial charge in [-0.15, -0.1) is 5.92 Å². The van der Waals surface area contributed by atoms with Crippen molar-refractivity contribution in [1.29, 1.82) is 0 Å². The van der Waals surface area contributed by atoms with Crippen molar-refractivity contribution in [2.45, 2.75) is 65.3 Å². The Hall–Kier alpha value is -3.40. The summed E-state index contributed by atoms with van der Waals surface area (Å²) in [4.78, 5) is 23.3. The molecule has 0 unspecified atom stereocenters. The molecule has 0 aliphatic rings. The smallest absolute Gasteiger partial charge is 0.278 e. The number of benzene rings is 2. The fourth-order valence-corrected chi connectivity index (χ4v) is 3.33. The number of hydrogen-bond acceptors (Lipinski definition) is 5. The van der Waals surface area contributed by atoms with Crippen LogP contribution in [0.25, 0.3) is 0 Å². The summed E-state index contributed by atoms with van der Waals surface area (Å²) in [6.07, 6.45) is 6.60. The summed E-state index contributed by atoms with van der Waals surface area (Å²) in [6, 6.07) is 11.0. The summed E-state index contributed by atoms with van der Waals surface area (Å²) in [5.41, 5.74) is 1.56. The van der Waals surface area contributed by atoms with Crippen LogP contribution in [0.4, 0.5) is 22.7 Å². The Kier molecular flexibility index (Phi) is 9.01. The van der Waals surface area contributed by atoms with Crippen LogP contribution >= 0.6 is 0 Å². The van der Waals surface area contributed by atoms with Crippen molar-refractivity contribution < 1.29 is 9.85 Å². The molecule has 0 aliphatic carbocycles. The monoisotopic (exact) mass is 423 g/mol. The van der Waals surface area contributed by atoms with Gasteiger partial charge in [0.1, 0.15) is 0 Å². The van der Waals surface area contributed by atoms with Crippen LogP contribution in [-0.2, 0) is 0 Å². The van der Waals surface area contributed by atoms with Gasteiger partial charge in [0.2, 0.25) is 0 Å². The lowest BCUT2D eigenvalue weighted by Gasteiger charge is -2.28. The van der Waals surface area contributed by atoms with Crippen molar-refractivity contribution in [1.82, 2.24) is 0 Å². The number of aryl methyl sites for hydroxylation is 1. The molecule has 0 heterocycles. The molecule has 0 fully saturated rings. The van der Waals surface area contributed by atoms with Gasteiger partial charge in [0.15, 0.2) is 0 Å². The van der Waals surface area contributed by atoms with E-state index in [0.717, 1.165) is 36.6 Å². The number of nitro benzene ring substituents is 2. The Balaban J connectivity index is 2.37. The van der Waals surface area contributed by atoms with Gasteiger partial charge >= 0.3 is 0 Å². The number of hydrogen-bond donors (Lipinski definition) is 0. The molecule has 0 spiro atoms. The molecular weight excluding hydrogens is 394 g/mol. The topological polar surface area (TPSA) is 89.5 Å². The molecule has 1 atom stereocenters. The van der Waals surface area contributed by atoms with E-state index in [4.69, 9.17) is 0 Å². The number of nitrogens with zero attached hydrogens (tertiary/aromatic N) is 3. The largest absolute Gasteiger partial charge is 0.327 e. The van der Waals surface area contributed by atoms with Crippen LogP contribution in [0.2, 0.25) is 0 Å². The molecule has 0 saturated carbocycles. The van der Waals surface area contributed by atoms with Gasteiger partial charge in [-0.1, -0.05) is 56.2 Å². The lowest BCUT2D eigenvalue weighted by molar-refractivity contribution is -0.394. The van der Waals surface area contributed by atoms with Gasteiger partial charge in [-0.3, -0.25) is 20.2 Å². The van der Waals surface area contributed by atoms with E-state index in [2.05, 4.69) is 18.8 Å². The Bertz CT molecular complexity index is 929. The molecule has 0 aliphatic heterocycles.